The van der Waals surface area contributed by atoms with Crippen LogP contribution in [-0.4, -0.2) is 35.4 Å². The van der Waals surface area contributed by atoms with Gasteiger partial charge in [-0.1, -0.05) is 236 Å². The van der Waals surface area contributed by atoms with E-state index in [9.17, 15) is 53.6 Å². The third-order valence-corrected chi connectivity index (χ3v) is 23.8. The molecule has 1 aliphatic rings. The van der Waals surface area contributed by atoms with Crippen LogP contribution in [-0.2, 0) is 18.8 Å². The molecule has 0 radical (unpaired) electrons. The summed E-state index contributed by atoms with van der Waals surface area (Å²) in [7, 11) is -1.35. The number of halogens is 15. The molecule has 0 spiro atoms. The minimum Gasteiger partial charge on any atom is -0.423 e. The number of aryl methyl sites for hydroxylation is 4. The van der Waals surface area contributed by atoms with Gasteiger partial charge in [0.1, 0.15) is 34.9 Å². The summed E-state index contributed by atoms with van der Waals surface area (Å²) in [4.78, 5) is 0. The zero-order chi connectivity index (χ0) is 92.5. The van der Waals surface area contributed by atoms with Gasteiger partial charge in [0.2, 0.25) is 0 Å². The second-order valence-corrected chi connectivity index (χ2v) is 32.2. The predicted octanol–water partition coefficient (Wildman–Crippen LogP) is 28.2. The highest BCUT2D eigenvalue weighted by atomic mass is 79.9. The summed E-state index contributed by atoms with van der Waals surface area (Å²) in [6.07, 6.45) is -8.39. The van der Waals surface area contributed by atoms with E-state index in [0.29, 0.717) is 56.5 Å². The van der Waals surface area contributed by atoms with Gasteiger partial charge >= 0.3 is 19.5 Å². The number of nitrogens with zero attached hydrogens (tertiary/aromatic N) is 7. The van der Waals surface area contributed by atoms with Crippen molar-refractivity contribution < 1.29 is 71.5 Å². The molecule has 131 heavy (non-hydrogen) atoms. The number of hydrogen-bond acceptors (Lipinski definition) is 5. The SMILES string of the molecule is Cc1cc(-c2c(-n3c4ccccc4c4ccccc43)c(-n3c4ccccc4c4ccccc43)c(C#N)c(-n3c4ccccc4c4ccccc43)c2-n2c3ccccc3c3ccccc32)cc(C(F)(F)F)c1.Cc1cc(-c2c(F)c(F)c(C#N)c(F)c2F)cc(C(F)(F)F)c1.Cc1cc(C)cc(B(O)O)c1.N#Cc1c(F)c(F)c(Br)c(F)c1F.c1ccc2c(c1)Cc1ccccc1-2. The number of benzene rings is 16. The fourth-order valence-corrected chi connectivity index (χ4v) is 18.1. The van der Waals surface area contributed by atoms with Crippen molar-refractivity contribution in [2.45, 2.75) is 46.5 Å². The fraction of sp³-hybridized carbons (Fsp3) is 0.0660. The normalized spacial score (nSPS) is 11.6. The van der Waals surface area contributed by atoms with Crippen molar-refractivity contribution in [1.29, 1.82) is 15.8 Å². The number of nitriles is 3. The van der Waals surface area contributed by atoms with Crippen LogP contribution in [0.5, 0.6) is 0 Å². The molecule has 0 bridgehead atoms. The first-order chi connectivity index (χ1) is 62.9. The first kappa shape index (κ1) is 87.7. The van der Waals surface area contributed by atoms with Crippen molar-refractivity contribution in [1.82, 2.24) is 18.3 Å². The van der Waals surface area contributed by atoms with Gasteiger partial charge in [0.05, 0.1) is 88.0 Å². The summed E-state index contributed by atoms with van der Waals surface area (Å²) < 4.78 is 199. The lowest BCUT2D eigenvalue weighted by Crippen LogP contribution is -2.30. The van der Waals surface area contributed by atoms with E-state index in [0.717, 1.165) is 129 Å². The molecule has 20 aromatic rings. The molecule has 644 valence electrons. The molecular formula is C106H65BBrF14N7O2. The highest BCUT2D eigenvalue weighted by molar-refractivity contribution is 9.10. The van der Waals surface area contributed by atoms with E-state index < -0.39 is 104 Å². The van der Waals surface area contributed by atoms with Gasteiger partial charge in [0.15, 0.2) is 46.5 Å². The van der Waals surface area contributed by atoms with Crippen LogP contribution in [0.1, 0.15) is 61.2 Å². The molecule has 0 unspecified atom stereocenters. The molecule has 9 nitrogen and oxygen atoms in total. The Morgan fingerprint density at radius 2 is 0.550 bits per heavy atom. The number of rotatable bonds is 7. The molecule has 1 aliphatic carbocycles. The van der Waals surface area contributed by atoms with Crippen LogP contribution < -0.4 is 5.46 Å². The summed E-state index contributed by atoms with van der Waals surface area (Å²) >= 11 is 2.30. The highest BCUT2D eigenvalue weighted by Crippen LogP contribution is 2.53. The summed E-state index contributed by atoms with van der Waals surface area (Å²) in [5.74, 6) is -14.4. The molecule has 0 fully saturated rings. The Balaban J connectivity index is 0.000000159. The van der Waals surface area contributed by atoms with Crippen LogP contribution in [0.4, 0.5) is 61.5 Å². The van der Waals surface area contributed by atoms with Gasteiger partial charge in [-0.15, -0.1) is 0 Å². The van der Waals surface area contributed by atoms with Crippen LogP contribution in [0.2, 0.25) is 0 Å². The average Bonchev–Trinajstić information content (AvgIpc) is 1.61. The van der Waals surface area contributed by atoms with Crippen molar-refractivity contribution in [3.63, 3.8) is 0 Å². The van der Waals surface area contributed by atoms with E-state index in [2.05, 4.69) is 186 Å². The Morgan fingerprint density at radius 3 is 0.832 bits per heavy atom. The topological polar surface area (TPSA) is 132 Å². The van der Waals surface area contributed by atoms with Crippen molar-refractivity contribution in [2.75, 3.05) is 0 Å². The number of hydrogen-bond donors (Lipinski definition) is 2. The predicted molar refractivity (Wildman–Crippen MR) is 489 cm³/mol. The van der Waals surface area contributed by atoms with E-state index in [1.165, 1.54) is 41.3 Å². The Kier molecular flexibility index (Phi) is 23.5. The highest BCUT2D eigenvalue weighted by Gasteiger charge is 2.39. The molecule has 0 amide bonds. The Morgan fingerprint density at radius 1 is 0.298 bits per heavy atom. The van der Waals surface area contributed by atoms with E-state index in [1.54, 1.807) is 19.1 Å². The van der Waals surface area contributed by atoms with Gasteiger partial charge in [0.25, 0.3) is 0 Å². The fourth-order valence-electron chi connectivity index (χ4n) is 17.7. The lowest BCUT2D eigenvalue weighted by Gasteiger charge is -2.29. The van der Waals surface area contributed by atoms with Crippen LogP contribution in [0, 0.1) is 108 Å². The van der Waals surface area contributed by atoms with E-state index in [-0.39, 0.29) is 5.56 Å². The van der Waals surface area contributed by atoms with Crippen molar-refractivity contribution in [3.05, 3.63) is 409 Å². The largest absolute Gasteiger partial charge is 0.488 e. The first-order valence-electron chi connectivity index (χ1n) is 40.7. The molecule has 21 rings (SSSR count). The monoisotopic (exact) mass is 1820 g/mol. The lowest BCUT2D eigenvalue weighted by atomic mass is 9.79. The second-order valence-electron chi connectivity index (χ2n) is 31.4. The molecule has 4 aromatic heterocycles. The quantitative estimate of drug-likeness (QED) is 0.0710. The Bertz CT molecular complexity index is 7620. The van der Waals surface area contributed by atoms with Gasteiger partial charge in [-0.05, 0) is 173 Å². The maximum absolute atomic E-state index is 15.6. The van der Waals surface area contributed by atoms with Gasteiger partial charge < -0.3 is 28.3 Å². The van der Waals surface area contributed by atoms with Gasteiger partial charge in [-0.2, -0.15) is 42.1 Å². The van der Waals surface area contributed by atoms with Gasteiger partial charge in [-0.3, -0.25) is 0 Å². The molecule has 2 N–H and O–H groups in total. The third-order valence-electron chi connectivity index (χ3n) is 23.1. The Hall–Kier alpha value is -15.3. The molecule has 25 heteroatoms. The van der Waals surface area contributed by atoms with E-state index >= 15 is 13.2 Å². The minimum absolute atomic E-state index is 0.0150. The number of alkyl halides is 6. The zero-order valence-electron chi connectivity index (χ0n) is 69.3. The third kappa shape index (κ3) is 15.7. The van der Waals surface area contributed by atoms with Crippen LogP contribution in [0.15, 0.2) is 302 Å². The summed E-state index contributed by atoms with van der Waals surface area (Å²) in [5, 5.41) is 54.7. The molecular weight excluding hydrogens is 1760 g/mol. The summed E-state index contributed by atoms with van der Waals surface area (Å²) in [6.45, 7) is 6.81. The smallest absolute Gasteiger partial charge is 0.423 e. The Labute approximate surface area is 747 Å². The first-order valence-corrected chi connectivity index (χ1v) is 41.5. The number of para-hydroxylation sites is 8. The van der Waals surface area contributed by atoms with Gasteiger partial charge in [0, 0.05) is 48.7 Å². The minimum atomic E-state index is -4.81. The molecule has 0 atom stereocenters. The molecule has 4 heterocycles. The maximum Gasteiger partial charge on any atom is 0.488 e. The molecule has 0 aliphatic heterocycles. The molecule has 0 saturated heterocycles. The van der Waals surface area contributed by atoms with E-state index in [1.807, 2.05) is 123 Å². The van der Waals surface area contributed by atoms with Crippen LogP contribution in [0.3, 0.4) is 0 Å². The number of aromatic nitrogens is 4. The molecule has 16 aromatic carbocycles. The van der Waals surface area contributed by atoms with Crippen LogP contribution >= 0.6 is 15.9 Å². The lowest BCUT2D eigenvalue weighted by molar-refractivity contribution is -0.138. The number of fused-ring (bicyclic) bond motifs is 15. The van der Waals surface area contributed by atoms with Crippen LogP contribution in [0.25, 0.3) is 143 Å². The second kappa shape index (κ2) is 35.0. The molecule has 0 saturated carbocycles. The maximum atomic E-state index is 15.6. The summed E-state index contributed by atoms with van der Waals surface area (Å²) in [5.41, 5.74) is 12.2. The average molecular weight is 1830 g/mol. The van der Waals surface area contributed by atoms with E-state index in [4.69, 9.17) is 20.6 Å². The zero-order valence-corrected chi connectivity index (χ0v) is 70.9. The van der Waals surface area contributed by atoms with Crippen molar-refractivity contribution in [2.24, 2.45) is 0 Å². The summed E-state index contributed by atoms with van der Waals surface area (Å²) in [6, 6.07) is 99.5. The van der Waals surface area contributed by atoms with Crippen molar-refractivity contribution in [3.8, 4) is 74.3 Å². The van der Waals surface area contributed by atoms with Gasteiger partial charge in [-0.25, -0.2) is 35.1 Å². The van der Waals surface area contributed by atoms with Crippen molar-refractivity contribution >= 4 is 116 Å². The standard InChI is InChI=1S/C63H38F3N5.C15H6F7N.C13H10.C8H11BO2.C7BrF4N/c1-38-34-39(36-40(35-38)63(64,65)66)58-61(70-54-30-14-6-22-45(54)46-23-7-15-31-55(46)70)59(68-50-26-10-2-18-41(50)42-19-3-11-27-51(42)68)49(37-67)60(69-52-28-12-4-20-43(52)44-21-5-13-29-53(44)69)62(58)71-56-32-16-8-24-47(56)48-25-9-17-33-57(48)71;1-6-2-7(4-8(3-6)15(20,21)22)10-13(18)11(16)9(5-23)12(17)14(10)19;1-3-7-12-10(5-1)9-11-6-2-4-8-13(11)12;1-6-3-7(2)5-8(4-6)9(10)11;8-3-6(11)4(9)2(1-13)5(10)7(3)12/h2-36H,1H3;2-4H,1H3;1-8H,9H2;3-5,10-11H,1-2H3;.